The van der Waals surface area contributed by atoms with E-state index in [4.69, 9.17) is 20.6 Å². The van der Waals surface area contributed by atoms with E-state index in [0.717, 1.165) is 22.8 Å². The molecule has 118 valence electrons. The van der Waals surface area contributed by atoms with Crippen molar-refractivity contribution in [3.05, 3.63) is 54.1 Å². The van der Waals surface area contributed by atoms with E-state index in [0.29, 0.717) is 19.7 Å². The lowest BCUT2D eigenvalue weighted by Crippen LogP contribution is -2.38. The number of fused-ring (bicyclic) bond motifs is 1. The van der Waals surface area contributed by atoms with Crippen LogP contribution in [-0.4, -0.2) is 25.9 Å². The van der Waals surface area contributed by atoms with Gasteiger partial charge in [0, 0.05) is 18.7 Å². The fourth-order valence-electron chi connectivity index (χ4n) is 2.44. The van der Waals surface area contributed by atoms with Gasteiger partial charge in [0.1, 0.15) is 25.1 Å². The van der Waals surface area contributed by atoms with Crippen LogP contribution in [-0.2, 0) is 6.54 Å². The predicted molar refractivity (Wildman–Crippen MR) is 88.8 cm³/mol. The quantitative estimate of drug-likeness (QED) is 0.833. The Bertz CT molecular complexity index is 693. The molecule has 0 aromatic heterocycles. The second-order valence-corrected chi connectivity index (χ2v) is 5.23. The van der Waals surface area contributed by atoms with E-state index >= 15 is 0 Å². The SMILES string of the molecule is C#CCOc1ccccc1CNCC1COc2ccccc2O1. The zero-order valence-electron chi connectivity index (χ0n) is 12.8. The Labute approximate surface area is 136 Å². The van der Waals surface area contributed by atoms with Crippen molar-refractivity contribution in [3.63, 3.8) is 0 Å². The van der Waals surface area contributed by atoms with Gasteiger partial charge in [-0.05, 0) is 18.2 Å². The average molecular weight is 309 g/mol. The van der Waals surface area contributed by atoms with Gasteiger partial charge in [-0.2, -0.15) is 0 Å². The van der Waals surface area contributed by atoms with Crippen molar-refractivity contribution in [1.82, 2.24) is 5.32 Å². The lowest BCUT2D eigenvalue weighted by molar-refractivity contribution is 0.0902. The van der Waals surface area contributed by atoms with Crippen LogP contribution in [0.1, 0.15) is 5.56 Å². The predicted octanol–water partition coefficient (Wildman–Crippen LogP) is 2.63. The molecule has 23 heavy (non-hydrogen) atoms. The number of ether oxygens (including phenoxy) is 3. The summed E-state index contributed by atoms with van der Waals surface area (Å²) in [6.45, 7) is 2.19. The molecular formula is C19H19NO3. The number of para-hydroxylation sites is 3. The Morgan fingerprint density at radius 3 is 2.78 bits per heavy atom. The van der Waals surface area contributed by atoms with Crippen molar-refractivity contribution >= 4 is 0 Å². The molecule has 1 unspecified atom stereocenters. The number of nitrogens with one attached hydrogen (secondary N) is 1. The van der Waals surface area contributed by atoms with E-state index < -0.39 is 0 Å². The van der Waals surface area contributed by atoms with Gasteiger partial charge in [-0.15, -0.1) is 6.42 Å². The largest absolute Gasteiger partial charge is 0.486 e. The highest BCUT2D eigenvalue weighted by Gasteiger charge is 2.20. The van der Waals surface area contributed by atoms with E-state index in [2.05, 4.69) is 11.2 Å². The Hall–Kier alpha value is -2.64. The van der Waals surface area contributed by atoms with Gasteiger partial charge in [0.05, 0.1) is 0 Å². The van der Waals surface area contributed by atoms with Crippen LogP contribution in [0.3, 0.4) is 0 Å². The molecule has 0 saturated heterocycles. The molecule has 1 aliphatic heterocycles. The number of hydrogen-bond donors (Lipinski definition) is 1. The molecule has 0 bridgehead atoms. The summed E-state index contributed by atoms with van der Waals surface area (Å²) >= 11 is 0. The number of terminal acetylenes is 1. The molecule has 0 aliphatic carbocycles. The molecule has 3 rings (SSSR count). The zero-order chi connectivity index (χ0) is 15.9. The molecule has 0 saturated carbocycles. The van der Waals surface area contributed by atoms with Crippen LogP contribution in [0, 0.1) is 12.3 Å². The Morgan fingerprint density at radius 1 is 1.13 bits per heavy atom. The smallest absolute Gasteiger partial charge is 0.161 e. The van der Waals surface area contributed by atoms with Crippen molar-refractivity contribution in [1.29, 1.82) is 0 Å². The minimum absolute atomic E-state index is 0.0105. The summed E-state index contributed by atoms with van der Waals surface area (Å²) in [6, 6.07) is 15.6. The first-order valence-electron chi connectivity index (χ1n) is 7.60. The highest BCUT2D eigenvalue weighted by atomic mass is 16.6. The van der Waals surface area contributed by atoms with Gasteiger partial charge in [-0.3, -0.25) is 0 Å². The molecule has 0 radical (unpaired) electrons. The Kier molecular flexibility index (Phi) is 5.02. The molecule has 0 amide bonds. The van der Waals surface area contributed by atoms with Gasteiger partial charge < -0.3 is 19.5 Å². The topological polar surface area (TPSA) is 39.7 Å². The third-order valence-corrected chi connectivity index (χ3v) is 3.54. The summed E-state index contributed by atoms with van der Waals surface area (Å²) < 4.78 is 17.2. The van der Waals surface area contributed by atoms with Crippen LogP contribution in [0.15, 0.2) is 48.5 Å². The monoisotopic (exact) mass is 309 g/mol. The molecule has 1 N–H and O–H groups in total. The maximum absolute atomic E-state index is 5.92. The summed E-state index contributed by atoms with van der Waals surface area (Å²) in [4.78, 5) is 0. The van der Waals surface area contributed by atoms with E-state index in [1.165, 1.54) is 0 Å². The second kappa shape index (κ2) is 7.57. The van der Waals surface area contributed by atoms with Crippen molar-refractivity contribution in [2.45, 2.75) is 12.6 Å². The van der Waals surface area contributed by atoms with Gasteiger partial charge in [0.15, 0.2) is 11.5 Å². The number of benzene rings is 2. The number of hydrogen-bond acceptors (Lipinski definition) is 4. The van der Waals surface area contributed by atoms with Crippen LogP contribution in [0.4, 0.5) is 0 Å². The van der Waals surface area contributed by atoms with Gasteiger partial charge in [-0.1, -0.05) is 36.3 Å². The average Bonchev–Trinajstić information content (AvgIpc) is 2.61. The Morgan fingerprint density at radius 2 is 1.91 bits per heavy atom. The van der Waals surface area contributed by atoms with Crippen LogP contribution in [0.25, 0.3) is 0 Å². The second-order valence-electron chi connectivity index (χ2n) is 5.23. The molecule has 1 atom stereocenters. The standard InChI is InChI=1S/C19H19NO3/c1-2-11-21-17-8-4-3-7-15(17)12-20-13-16-14-22-18-9-5-6-10-19(18)23-16/h1,3-10,16,20H,11-14H2. The van der Waals surface area contributed by atoms with Crippen LogP contribution in [0.2, 0.25) is 0 Å². The molecule has 4 nitrogen and oxygen atoms in total. The molecule has 2 aromatic carbocycles. The zero-order valence-corrected chi connectivity index (χ0v) is 12.8. The van der Waals surface area contributed by atoms with Crippen molar-refractivity contribution < 1.29 is 14.2 Å². The van der Waals surface area contributed by atoms with E-state index in [1.807, 2.05) is 48.5 Å². The fraction of sp³-hybridized carbons (Fsp3) is 0.263. The van der Waals surface area contributed by atoms with Crippen LogP contribution in [0.5, 0.6) is 17.2 Å². The van der Waals surface area contributed by atoms with Crippen LogP contribution < -0.4 is 19.5 Å². The summed E-state index contributed by atoms with van der Waals surface area (Å²) in [5.74, 6) is 4.89. The van der Waals surface area contributed by atoms with E-state index in [-0.39, 0.29) is 12.7 Å². The fourth-order valence-corrected chi connectivity index (χ4v) is 2.44. The molecular weight excluding hydrogens is 290 g/mol. The number of rotatable bonds is 6. The van der Waals surface area contributed by atoms with Gasteiger partial charge in [-0.25, -0.2) is 0 Å². The van der Waals surface area contributed by atoms with Crippen molar-refractivity contribution in [3.8, 4) is 29.6 Å². The highest BCUT2D eigenvalue weighted by Crippen LogP contribution is 2.30. The third-order valence-electron chi connectivity index (χ3n) is 3.54. The molecule has 0 fully saturated rings. The first kappa shape index (κ1) is 15.3. The molecule has 0 spiro atoms. The highest BCUT2D eigenvalue weighted by molar-refractivity contribution is 5.40. The first-order chi connectivity index (χ1) is 11.4. The van der Waals surface area contributed by atoms with E-state index in [1.54, 1.807) is 0 Å². The lowest BCUT2D eigenvalue weighted by Gasteiger charge is -2.26. The molecule has 4 heteroatoms. The Balaban J connectivity index is 1.52. The minimum atomic E-state index is -0.0105. The summed E-state index contributed by atoms with van der Waals surface area (Å²) in [5.41, 5.74) is 1.07. The molecule has 1 aliphatic rings. The molecule has 2 aromatic rings. The van der Waals surface area contributed by atoms with E-state index in [9.17, 15) is 0 Å². The summed E-state index contributed by atoms with van der Waals surface area (Å²) in [5, 5.41) is 3.38. The summed E-state index contributed by atoms with van der Waals surface area (Å²) in [7, 11) is 0. The summed E-state index contributed by atoms with van der Waals surface area (Å²) in [6.07, 6.45) is 5.23. The molecule has 1 heterocycles. The maximum Gasteiger partial charge on any atom is 0.161 e. The van der Waals surface area contributed by atoms with Gasteiger partial charge in [0.25, 0.3) is 0 Å². The lowest BCUT2D eigenvalue weighted by atomic mass is 10.2. The maximum atomic E-state index is 5.92. The van der Waals surface area contributed by atoms with Gasteiger partial charge >= 0.3 is 0 Å². The minimum Gasteiger partial charge on any atom is -0.486 e. The van der Waals surface area contributed by atoms with Crippen LogP contribution >= 0.6 is 0 Å². The third kappa shape index (κ3) is 3.97. The van der Waals surface area contributed by atoms with Crippen molar-refractivity contribution in [2.75, 3.05) is 19.8 Å². The normalized spacial score (nSPS) is 15.7. The van der Waals surface area contributed by atoms with Gasteiger partial charge in [0.2, 0.25) is 0 Å². The first-order valence-corrected chi connectivity index (χ1v) is 7.60. The van der Waals surface area contributed by atoms with Crippen molar-refractivity contribution in [2.24, 2.45) is 0 Å².